The molecular weight excluding hydrogens is 569 g/mol. The van der Waals surface area contributed by atoms with Crippen LogP contribution < -0.4 is 5.32 Å². The van der Waals surface area contributed by atoms with Gasteiger partial charge in [-0.2, -0.15) is 20.3 Å². The first kappa shape index (κ1) is 27.1. The molecule has 6 atom stereocenters. The van der Waals surface area contributed by atoms with E-state index in [1.807, 2.05) is 12.1 Å². The number of nitrogens with one attached hydrogen (secondary N) is 2. The van der Waals surface area contributed by atoms with Crippen LogP contribution in [0.1, 0.15) is 35.6 Å². The highest BCUT2D eigenvalue weighted by atomic mass is 35.5. The number of H-pyrrole nitrogens is 1. The lowest BCUT2D eigenvalue weighted by Crippen LogP contribution is -2.35. The van der Waals surface area contributed by atoms with Crippen LogP contribution in [-0.4, -0.2) is 91.1 Å². The smallest absolute Gasteiger partial charge is 0.354 e. The van der Waals surface area contributed by atoms with Crippen LogP contribution in [0.4, 0.5) is 5.82 Å². The lowest BCUT2D eigenvalue weighted by Gasteiger charge is -2.21. The van der Waals surface area contributed by atoms with E-state index < -0.39 is 44.6 Å². The third-order valence-electron chi connectivity index (χ3n) is 7.02. The molecule has 1 saturated heterocycles. The summed E-state index contributed by atoms with van der Waals surface area (Å²) in [4.78, 5) is 28.0. The van der Waals surface area contributed by atoms with Gasteiger partial charge in [-0.25, -0.2) is 4.68 Å². The monoisotopic (exact) mass is 593 g/mol. The average Bonchev–Trinajstić information content (AvgIpc) is 3.71. The second-order valence-corrected chi connectivity index (χ2v) is 11.6. The van der Waals surface area contributed by atoms with Crippen LogP contribution >= 0.6 is 19.2 Å². The van der Waals surface area contributed by atoms with Crippen molar-refractivity contribution in [1.29, 1.82) is 0 Å². The van der Waals surface area contributed by atoms with E-state index in [1.165, 1.54) is 22.0 Å². The van der Waals surface area contributed by atoms with Gasteiger partial charge in [0.05, 0.1) is 24.2 Å². The van der Waals surface area contributed by atoms with E-state index in [9.17, 15) is 24.6 Å². The maximum atomic E-state index is 11.9. The number of nitrogens with zero attached hydrogens (tertiary/aromatic N) is 7. The van der Waals surface area contributed by atoms with Crippen LogP contribution in [0.25, 0.3) is 11.0 Å². The van der Waals surface area contributed by atoms with Crippen LogP contribution in [0, 0.1) is 0 Å². The molecule has 0 unspecified atom stereocenters. The van der Waals surface area contributed by atoms with Gasteiger partial charge in [-0.1, -0.05) is 29.5 Å². The Morgan fingerprint density at radius 2 is 2.08 bits per heavy atom. The van der Waals surface area contributed by atoms with Crippen LogP contribution in [0.5, 0.6) is 0 Å². The van der Waals surface area contributed by atoms with E-state index in [-0.39, 0.29) is 29.2 Å². The molecule has 2 aliphatic rings. The second-order valence-electron chi connectivity index (χ2n) is 9.56. The molecule has 1 fully saturated rings. The van der Waals surface area contributed by atoms with Gasteiger partial charge in [0, 0.05) is 6.42 Å². The number of halogens is 1. The van der Waals surface area contributed by atoms with Crippen molar-refractivity contribution in [2.45, 2.75) is 55.7 Å². The Morgan fingerprint density at radius 3 is 2.85 bits per heavy atom. The number of fused-ring (bicyclic) bond motifs is 2. The van der Waals surface area contributed by atoms with E-state index in [4.69, 9.17) is 21.1 Å². The number of aliphatic hydroxyl groups is 2. The summed E-state index contributed by atoms with van der Waals surface area (Å²) in [6.07, 6.45) is -2.30. The zero-order valence-electron chi connectivity index (χ0n) is 20.6. The molecule has 1 aliphatic heterocycles. The van der Waals surface area contributed by atoms with Crippen LogP contribution in [0.15, 0.2) is 30.5 Å². The predicted octanol–water partition coefficient (Wildman–Crippen LogP) is 0.474. The quantitative estimate of drug-likeness (QED) is 0.115. The summed E-state index contributed by atoms with van der Waals surface area (Å²) in [6.45, 7) is -0.453. The molecule has 1 aromatic carbocycles. The lowest BCUT2D eigenvalue weighted by atomic mass is 10.1. The lowest BCUT2D eigenvalue weighted by molar-refractivity contribution is -0.0760. The zero-order chi connectivity index (χ0) is 28.0. The van der Waals surface area contributed by atoms with Gasteiger partial charge in [0.25, 0.3) is 0 Å². The van der Waals surface area contributed by atoms with Gasteiger partial charge in [-0.3, -0.25) is 4.57 Å². The number of hydrogen-bond acceptors (Lipinski definition) is 12. The molecule has 0 spiro atoms. The molecule has 4 heterocycles. The molecule has 1 aliphatic carbocycles. The fraction of sp³-hybridized carbons (Fsp3) is 0.455. The molecule has 0 amide bonds. The number of hydrogen-bond donors (Lipinski definition) is 6. The number of rotatable bonds is 9. The van der Waals surface area contributed by atoms with Crippen LogP contribution in [-0.2, 0) is 26.9 Å². The molecule has 18 heteroatoms. The molecule has 40 heavy (non-hydrogen) atoms. The maximum Gasteiger partial charge on any atom is 0.354 e. The molecule has 16 nitrogen and oxygen atoms in total. The van der Waals surface area contributed by atoms with E-state index in [0.29, 0.717) is 11.2 Å². The van der Waals surface area contributed by atoms with Crippen molar-refractivity contribution in [1.82, 2.24) is 40.4 Å². The minimum atomic E-state index is -4.75. The van der Waals surface area contributed by atoms with Crippen LogP contribution in [0.2, 0.25) is 5.28 Å². The molecule has 6 N–H and O–H groups in total. The van der Waals surface area contributed by atoms with Gasteiger partial charge in [0.15, 0.2) is 23.5 Å². The summed E-state index contributed by atoms with van der Waals surface area (Å²) in [5.74, 6) is -1.13. The van der Waals surface area contributed by atoms with Gasteiger partial charge >= 0.3 is 7.60 Å². The van der Waals surface area contributed by atoms with E-state index in [1.54, 1.807) is 0 Å². The fourth-order valence-corrected chi connectivity index (χ4v) is 5.89. The summed E-state index contributed by atoms with van der Waals surface area (Å²) in [5.41, 5.74) is 2.69. The number of aromatic nitrogens is 8. The first-order chi connectivity index (χ1) is 19.2. The third-order valence-corrected chi connectivity index (χ3v) is 8.27. The Kier molecular flexibility index (Phi) is 7.27. The normalized spacial score (nSPS) is 25.4. The van der Waals surface area contributed by atoms with Crippen LogP contribution in [0.3, 0.4) is 0 Å². The maximum absolute atomic E-state index is 11.9. The van der Waals surface area contributed by atoms with Crippen molar-refractivity contribution in [3.05, 3.63) is 52.7 Å². The summed E-state index contributed by atoms with van der Waals surface area (Å²) in [6, 6.07) is 8.16. The number of aryl methyl sites for hydroxylation is 1. The first-order valence-corrected chi connectivity index (χ1v) is 14.4. The topological polar surface area (TPSA) is 227 Å². The third kappa shape index (κ3) is 5.20. The van der Waals surface area contributed by atoms with Crippen molar-refractivity contribution < 1.29 is 34.0 Å². The van der Waals surface area contributed by atoms with Gasteiger partial charge in [-0.15, -0.1) is 10.2 Å². The Balaban J connectivity index is 1.21. The molecule has 3 aromatic heterocycles. The molecule has 212 valence electrons. The summed E-state index contributed by atoms with van der Waals surface area (Å²) in [5, 5.41) is 42.6. The van der Waals surface area contributed by atoms with Crippen molar-refractivity contribution in [3.63, 3.8) is 0 Å². The average molecular weight is 594 g/mol. The number of ether oxygens (including phenoxy) is 2. The molecule has 4 aromatic rings. The molecule has 0 radical (unpaired) electrons. The van der Waals surface area contributed by atoms with Crippen molar-refractivity contribution in [2.75, 3.05) is 11.9 Å². The van der Waals surface area contributed by atoms with E-state index >= 15 is 0 Å². The van der Waals surface area contributed by atoms with E-state index in [0.717, 1.165) is 12.8 Å². The minimum Gasteiger partial charge on any atom is -0.387 e. The molecule has 0 bridgehead atoms. The van der Waals surface area contributed by atoms with Crippen molar-refractivity contribution in [2.24, 2.45) is 0 Å². The summed E-state index contributed by atoms with van der Waals surface area (Å²) in [7, 11) is -4.75. The SMILES string of the molecule is O=P(O)(O)[C@@H](Cc1nn[nH]n1)OC[C@H]1O[C@@H](n2ncc3c(N[C@@H]4CCc5ccccc54)nc(Cl)nc32)[C@H](O)[C@@H]1O. The number of anilines is 1. The second kappa shape index (κ2) is 10.7. The fourth-order valence-electron chi connectivity index (χ4n) is 5.04. The standard InChI is InChI=1S/C22H25ClN9O7P/c23-22-26-19(25-13-6-5-10-3-1-2-4-11(10)13)12-8-24-32(20(12)27-22)21-18(34)17(33)14(39-21)9-38-16(40(35,36)37)7-15-28-30-31-29-15/h1-4,8,13-14,16-18,21,33-34H,5-7,9H2,(H,25,26,27)(H2,35,36,37)(H,28,29,30,31)/t13-,14-,16+,17-,18-,21-/m1/s1. The number of tetrazole rings is 1. The molecular formula is C22H25ClN9O7P. The van der Waals surface area contributed by atoms with E-state index in [2.05, 4.69) is 53.1 Å². The first-order valence-electron chi connectivity index (χ1n) is 12.3. The Bertz CT molecular complexity index is 1550. The highest BCUT2D eigenvalue weighted by Gasteiger charge is 2.46. The largest absolute Gasteiger partial charge is 0.387 e. The molecule has 6 rings (SSSR count). The highest BCUT2D eigenvalue weighted by molar-refractivity contribution is 7.52. The van der Waals surface area contributed by atoms with Gasteiger partial charge in [-0.05, 0) is 35.6 Å². The number of aromatic amines is 1. The Hall–Kier alpha value is -3.08. The zero-order valence-corrected chi connectivity index (χ0v) is 22.3. The Labute approximate surface area is 230 Å². The highest BCUT2D eigenvalue weighted by Crippen LogP contribution is 2.44. The predicted molar refractivity (Wildman–Crippen MR) is 137 cm³/mol. The van der Waals surface area contributed by atoms with Gasteiger partial charge in [0.1, 0.15) is 24.1 Å². The Morgan fingerprint density at radius 1 is 1.25 bits per heavy atom. The number of aliphatic hydroxyl groups excluding tert-OH is 2. The minimum absolute atomic E-state index is 0.0137. The van der Waals surface area contributed by atoms with Crippen molar-refractivity contribution in [3.8, 4) is 0 Å². The summed E-state index contributed by atoms with van der Waals surface area (Å²) < 4.78 is 24.5. The summed E-state index contributed by atoms with van der Waals surface area (Å²) >= 11 is 6.26. The van der Waals surface area contributed by atoms with Crippen molar-refractivity contribution >= 4 is 36.0 Å². The molecule has 0 saturated carbocycles. The van der Waals surface area contributed by atoms with Gasteiger partial charge < -0.3 is 34.8 Å². The van der Waals surface area contributed by atoms with Gasteiger partial charge in [0.2, 0.25) is 5.28 Å². The number of benzene rings is 1.